The number of aliphatic hydroxyl groups excluding tert-OH is 2. The molecule has 31 heavy (non-hydrogen) atoms. The second kappa shape index (κ2) is 8.94. The van der Waals surface area contributed by atoms with Crippen LogP contribution >= 0.6 is 11.6 Å². The zero-order valence-corrected chi connectivity index (χ0v) is 18.8. The van der Waals surface area contributed by atoms with Crippen LogP contribution in [0.25, 0.3) is 0 Å². The number of alkyl halides is 3. The number of ether oxygens (including phenoxy) is 3. The minimum absolute atomic E-state index is 0.0232. The van der Waals surface area contributed by atoms with Crippen LogP contribution in [0.3, 0.4) is 0 Å². The van der Waals surface area contributed by atoms with Crippen LogP contribution in [0, 0.1) is 0 Å². The Labute approximate surface area is 184 Å². The van der Waals surface area contributed by atoms with Crippen LogP contribution in [-0.2, 0) is 11.2 Å². The highest BCUT2D eigenvalue weighted by atomic mass is 35.5. The Morgan fingerprint density at radius 3 is 2.55 bits per heavy atom. The normalized spacial score (nSPS) is 25.5. The Balaban J connectivity index is 1.86. The molecule has 1 fully saturated rings. The lowest BCUT2D eigenvalue weighted by atomic mass is 9.84. The fourth-order valence-electron chi connectivity index (χ4n) is 4.17. The molecule has 1 aromatic carbocycles. The van der Waals surface area contributed by atoms with Gasteiger partial charge in [0.1, 0.15) is 6.61 Å². The average Bonchev–Trinajstić information content (AvgIpc) is 2.65. The van der Waals surface area contributed by atoms with Crippen molar-refractivity contribution in [1.82, 2.24) is 4.90 Å². The van der Waals surface area contributed by atoms with Crippen LogP contribution < -0.4 is 9.47 Å². The van der Waals surface area contributed by atoms with Gasteiger partial charge in [0.25, 0.3) is 0 Å². The summed E-state index contributed by atoms with van der Waals surface area (Å²) in [5, 5.41) is 20.1. The Morgan fingerprint density at radius 1 is 1.29 bits per heavy atom. The second-order valence-electron chi connectivity index (χ2n) is 8.99. The van der Waals surface area contributed by atoms with Gasteiger partial charge in [-0.1, -0.05) is 11.6 Å². The van der Waals surface area contributed by atoms with Crippen molar-refractivity contribution < 1.29 is 37.6 Å². The number of piperidine rings is 1. The molecular weight excluding hydrogens is 439 g/mol. The number of nitrogens with zero attached hydrogens (tertiary/aromatic N) is 1. The fourth-order valence-corrected chi connectivity index (χ4v) is 4.52. The number of methoxy groups -OCH3 is 1. The van der Waals surface area contributed by atoms with Gasteiger partial charge in [0.15, 0.2) is 17.6 Å². The van der Waals surface area contributed by atoms with E-state index in [9.17, 15) is 23.4 Å². The molecule has 0 saturated carbocycles. The Hall–Kier alpha value is -1.26. The van der Waals surface area contributed by atoms with Gasteiger partial charge in [-0.05, 0) is 50.8 Å². The van der Waals surface area contributed by atoms with E-state index in [-0.39, 0.29) is 34.3 Å². The molecule has 1 aromatic rings. The SMILES string of the molecule is COc1cc2c(c(Cl)c1OC[C@@H](O)C(F)(F)F)CCN1C[C@@H](OC(C)(C)C)[C@H](O)C[C@H]21. The summed E-state index contributed by atoms with van der Waals surface area (Å²) in [5.41, 5.74) is 1.22. The van der Waals surface area contributed by atoms with Crippen LogP contribution in [0.4, 0.5) is 13.2 Å². The third-order valence-electron chi connectivity index (χ3n) is 5.57. The van der Waals surface area contributed by atoms with Gasteiger partial charge in [0, 0.05) is 19.1 Å². The van der Waals surface area contributed by atoms with Gasteiger partial charge in [-0.2, -0.15) is 13.2 Å². The standard InChI is InChI=1S/C21H29ClF3NO5/c1-20(2,3)31-16-9-26-6-5-11-12(13(26)8-14(16)27)7-15(29-4)19(18(11)22)30-10-17(28)21(23,24)25/h7,13-14,16-17,27-28H,5-6,8-10H2,1-4H3/t13-,14-,16-,17-/m1/s1. The summed E-state index contributed by atoms with van der Waals surface area (Å²) < 4.78 is 54.5. The largest absolute Gasteiger partial charge is 0.493 e. The number of hydrogen-bond donors (Lipinski definition) is 2. The van der Waals surface area contributed by atoms with E-state index < -0.39 is 25.0 Å². The number of aliphatic hydroxyl groups is 2. The minimum Gasteiger partial charge on any atom is -0.493 e. The van der Waals surface area contributed by atoms with E-state index in [2.05, 4.69) is 4.90 Å². The van der Waals surface area contributed by atoms with Crippen LogP contribution in [0.15, 0.2) is 6.07 Å². The van der Waals surface area contributed by atoms with Crippen molar-refractivity contribution in [3.8, 4) is 11.5 Å². The molecule has 0 unspecified atom stereocenters. The monoisotopic (exact) mass is 467 g/mol. The Kier molecular flexibility index (Phi) is 7.03. The molecule has 10 heteroatoms. The van der Waals surface area contributed by atoms with Crippen LogP contribution in [-0.4, -0.2) is 72.0 Å². The molecule has 2 N–H and O–H groups in total. The Bertz CT molecular complexity index is 799. The summed E-state index contributed by atoms with van der Waals surface area (Å²) in [6.45, 7) is 6.06. The topological polar surface area (TPSA) is 71.4 Å². The molecule has 2 aliphatic heterocycles. The van der Waals surface area contributed by atoms with E-state index in [1.165, 1.54) is 7.11 Å². The van der Waals surface area contributed by atoms with Gasteiger partial charge in [0.05, 0.1) is 29.9 Å². The first kappa shape index (κ1) is 24.4. The third-order valence-corrected chi connectivity index (χ3v) is 5.97. The van der Waals surface area contributed by atoms with Crippen LogP contribution in [0.2, 0.25) is 5.02 Å². The van der Waals surface area contributed by atoms with E-state index in [0.717, 1.165) is 11.1 Å². The van der Waals surface area contributed by atoms with Crippen molar-refractivity contribution in [3.05, 3.63) is 22.2 Å². The first-order valence-corrected chi connectivity index (χ1v) is 10.6. The molecule has 0 aromatic heterocycles. The van der Waals surface area contributed by atoms with Gasteiger partial charge in [-0.3, -0.25) is 4.90 Å². The quantitative estimate of drug-likeness (QED) is 0.690. The molecule has 1 saturated heterocycles. The summed E-state index contributed by atoms with van der Waals surface area (Å²) in [5.74, 6) is 0.160. The predicted molar refractivity (Wildman–Crippen MR) is 109 cm³/mol. The minimum atomic E-state index is -4.79. The van der Waals surface area contributed by atoms with Crippen LogP contribution in [0.1, 0.15) is 44.4 Å². The van der Waals surface area contributed by atoms with Gasteiger partial charge in [0.2, 0.25) is 0 Å². The second-order valence-corrected chi connectivity index (χ2v) is 9.37. The highest BCUT2D eigenvalue weighted by Crippen LogP contribution is 2.47. The number of halogens is 4. The molecule has 3 rings (SSSR count). The molecule has 0 amide bonds. The van der Waals surface area contributed by atoms with E-state index in [4.69, 9.17) is 25.8 Å². The first-order valence-electron chi connectivity index (χ1n) is 10.2. The fraction of sp³-hybridized carbons (Fsp3) is 0.714. The molecule has 4 atom stereocenters. The summed E-state index contributed by atoms with van der Waals surface area (Å²) in [6.07, 6.45) is -7.42. The van der Waals surface area contributed by atoms with Gasteiger partial charge in [-0.15, -0.1) is 0 Å². The van der Waals surface area contributed by atoms with Crippen molar-refractivity contribution in [2.24, 2.45) is 0 Å². The highest BCUT2D eigenvalue weighted by molar-refractivity contribution is 6.33. The van der Waals surface area contributed by atoms with Gasteiger partial charge in [-0.25, -0.2) is 0 Å². The van der Waals surface area contributed by atoms with Crippen molar-refractivity contribution in [1.29, 1.82) is 0 Å². The predicted octanol–water partition coefficient (Wildman–Crippen LogP) is 3.50. The van der Waals surface area contributed by atoms with Crippen molar-refractivity contribution in [2.75, 3.05) is 26.8 Å². The summed E-state index contributed by atoms with van der Waals surface area (Å²) in [6, 6.07) is 1.57. The van der Waals surface area contributed by atoms with E-state index in [0.29, 0.717) is 25.9 Å². The zero-order valence-electron chi connectivity index (χ0n) is 18.0. The molecular formula is C21H29ClF3NO5. The van der Waals surface area contributed by atoms with E-state index in [1.807, 2.05) is 20.8 Å². The lowest BCUT2D eigenvalue weighted by Crippen LogP contribution is -2.53. The molecule has 176 valence electrons. The number of rotatable bonds is 5. The third kappa shape index (κ3) is 5.39. The molecule has 0 bridgehead atoms. The molecule has 0 spiro atoms. The van der Waals surface area contributed by atoms with Crippen molar-refractivity contribution in [3.63, 3.8) is 0 Å². The van der Waals surface area contributed by atoms with Crippen molar-refractivity contribution in [2.45, 2.75) is 69.7 Å². The average molecular weight is 468 g/mol. The maximum Gasteiger partial charge on any atom is 0.417 e. The number of benzene rings is 1. The number of hydrogen-bond acceptors (Lipinski definition) is 6. The Morgan fingerprint density at radius 2 is 1.97 bits per heavy atom. The van der Waals surface area contributed by atoms with Gasteiger partial charge >= 0.3 is 6.18 Å². The molecule has 0 aliphatic carbocycles. The lowest BCUT2D eigenvalue weighted by Gasteiger charge is -2.47. The maximum atomic E-state index is 12.6. The summed E-state index contributed by atoms with van der Waals surface area (Å²) in [7, 11) is 1.37. The van der Waals surface area contributed by atoms with Crippen molar-refractivity contribution >= 4 is 11.6 Å². The van der Waals surface area contributed by atoms with Gasteiger partial charge < -0.3 is 24.4 Å². The molecule has 6 nitrogen and oxygen atoms in total. The highest BCUT2D eigenvalue weighted by Gasteiger charge is 2.42. The number of fused-ring (bicyclic) bond motifs is 3. The zero-order chi connectivity index (χ0) is 23.1. The van der Waals surface area contributed by atoms with E-state index >= 15 is 0 Å². The molecule has 0 radical (unpaired) electrons. The summed E-state index contributed by atoms with van der Waals surface area (Å²) >= 11 is 6.52. The maximum absolute atomic E-state index is 12.6. The first-order chi connectivity index (χ1) is 14.3. The smallest absolute Gasteiger partial charge is 0.417 e. The van der Waals surface area contributed by atoms with E-state index in [1.54, 1.807) is 6.07 Å². The molecule has 2 aliphatic rings. The van der Waals surface area contributed by atoms with Crippen LogP contribution in [0.5, 0.6) is 11.5 Å². The molecule has 2 heterocycles. The lowest BCUT2D eigenvalue weighted by molar-refractivity contribution is -0.210. The summed E-state index contributed by atoms with van der Waals surface area (Å²) in [4.78, 5) is 2.22.